The monoisotopic (exact) mass is 329 g/mol. The molecule has 1 amide bonds. The first kappa shape index (κ1) is 16.7. The second-order valence-corrected chi connectivity index (χ2v) is 7.45. The number of nitrogens with zero attached hydrogens (tertiary/aromatic N) is 2. The standard InChI is InChI=1S/C15H24ClN3OS/c1-3-19-8-6-12(7-9-19)17-15(20)11-18(2)10-13-4-5-14(16)21-13/h4-5,12H,3,6-11H2,1-2H3,(H,17,20). The van der Waals surface area contributed by atoms with Crippen LogP contribution in [0.5, 0.6) is 0 Å². The zero-order chi connectivity index (χ0) is 15.2. The number of hydrogen-bond acceptors (Lipinski definition) is 4. The largest absolute Gasteiger partial charge is 0.352 e. The Hall–Kier alpha value is -0.620. The van der Waals surface area contributed by atoms with E-state index in [1.165, 1.54) is 4.88 Å². The van der Waals surface area contributed by atoms with E-state index in [-0.39, 0.29) is 5.91 Å². The molecular weight excluding hydrogens is 306 g/mol. The van der Waals surface area contributed by atoms with Gasteiger partial charge in [-0.3, -0.25) is 9.69 Å². The van der Waals surface area contributed by atoms with Crippen LogP contribution in [0, 0.1) is 0 Å². The molecular formula is C15H24ClN3OS. The molecule has 21 heavy (non-hydrogen) atoms. The van der Waals surface area contributed by atoms with Gasteiger partial charge in [-0.2, -0.15) is 0 Å². The molecule has 1 aromatic rings. The average Bonchev–Trinajstić information content (AvgIpc) is 2.84. The lowest BCUT2D eigenvalue weighted by molar-refractivity contribution is -0.123. The zero-order valence-electron chi connectivity index (χ0n) is 12.8. The number of rotatable bonds is 6. The summed E-state index contributed by atoms with van der Waals surface area (Å²) in [6.45, 7) is 6.66. The molecule has 0 aromatic carbocycles. The van der Waals surface area contributed by atoms with Crippen molar-refractivity contribution in [1.82, 2.24) is 15.1 Å². The molecule has 118 valence electrons. The Labute approximate surface area is 136 Å². The van der Waals surface area contributed by atoms with Gasteiger partial charge in [-0.1, -0.05) is 18.5 Å². The van der Waals surface area contributed by atoms with E-state index in [0.29, 0.717) is 12.6 Å². The number of nitrogens with one attached hydrogen (secondary N) is 1. The van der Waals surface area contributed by atoms with Crippen molar-refractivity contribution in [2.24, 2.45) is 0 Å². The zero-order valence-corrected chi connectivity index (χ0v) is 14.3. The third-order valence-electron chi connectivity index (χ3n) is 3.87. The van der Waals surface area contributed by atoms with Crippen molar-refractivity contribution in [2.45, 2.75) is 32.4 Å². The molecule has 2 heterocycles. The van der Waals surface area contributed by atoms with Gasteiger partial charge in [0.25, 0.3) is 0 Å². The van der Waals surface area contributed by atoms with Crippen LogP contribution in [0.15, 0.2) is 12.1 Å². The first-order chi connectivity index (χ1) is 10.1. The van der Waals surface area contributed by atoms with Crippen molar-refractivity contribution >= 4 is 28.8 Å². The molecule has 0 bridgehead atoms. The molecule has 1 aliphatic rings. The van der Waals surface area contributed by atoms with E-state index >= 15 is 0 Å². The predicted molar refractivity (Wildman–Crippen MR) is 88.9 cm³/mol. The van der Waals surface area contributed by atoms with Gasteiger partial charge < -0.3 is 10.2 Å². The Morgan fingerprint density at radius 2 is 2.19 bits per heavy atom. The highest BCUT2D eigenvalue weighted by molar-refractivity contribution is 7.16. The fourth-order valence-corrected chi connectivity index (χ4v) is 3.84. The minimum absolute atomic E-state index is 0.120. The highest BCUT2D eigenvalue weighted by atomic mass is 35.5. The van der Waals surface area contributed by atoms with Gasteiger partial charge in [-0.15, -0.1) is 11.3 Å². The summed E-state index contributed by atoms with van der Waals surface area (Å²) < 4.78 is 0.797. The summed E-state index contributed by atoms with van der Waals surface area (Å²) in [5.41, 5.74) is 0. The molecule has 0 unspecified atom stereocenters. The van der Waals surface area contributed by atoms with E-state index in [2.05, 4.69) is 17.1 Å². The summed E-state index contributed by atoms with van der Waals surface area (Å²) in [4.78, 5) is 17.7. The van der Waals surface area contributed by atoms with Crippen LogP contribution >= 0.6 is 22.9 Å². The van der Waals surface area contributed by atoms with Crippen molar-refractivity contribution in [3.63, 3.8) is 0 Å². The highest BCUT2D eigenvalue weighted by Crippen LogP contribution is 2.22. The first-order valence-corrected chi connectivity index (χ1v) is 8.70. The molecule has 1 N–H and O–H groups in total. The average molecular weight is 330 g/mol. The fraction of sp³-hybridized carbons (Fsp3) is 0.667. The van der Waals surface area contributed by atoms with Gasteiger partial charge in [0.1, 0.15) is 0 Å². The van der Waals surface area contributed by atoms with Crippen molar-refractivity contribution in [2.75, 3.05) is 33.2 Å². The summed E-state index contributed by atoms with van der Waals surface area (Å²) in [6, 6.07) is 4.25. The van der Waals surface area contributed by atoms with E-state index in [1.54, 1.807) is 11.3 Å². The molecule has 1 aromatic heterocycles. The van der Waals surface area contributed by atoms with E-state index in [0.717, 1.165) is 43.4 Å². The molecule has 0 atom stereocenters. The summed E-state index contributed by atoms with van der Waals surface area (Å²) >= 11 is 7.49. The Balaban J connectivity index is 1.69. The van der Waals surface area contributed by atoms with Crippen molar-refractivity contribution < 1.29 is 4.79 Å². The predicted octanol–water partition coefficient (Wildman–Crippen LogP) is 2.43. The van der Waals surface area contributed by atoms with E-state index in [4.69, 9.17) is 11.6 Å². The number of carbonyl (C=O) groups excluding carboxylic acids is 1. The van der Waals surface area contributed by atoms with Crippen LogP contribution in [0.3, 0.4) is 0 Å². The van der Waals surface area contributed by atoms with Crippen LogP contribution in [0.25, 0.3) is 0 Å². The minimum atomic E-state index is 0.120. The van der Waals surface area contributed by atoms with Crippen LogP contribution < -0.4 is 5.32 Å². The number of likely N-dealkylation sites (N-methyl/N-ethyl adjacent to an activating group) is 1. The van der Waals surface area contributed by atoms with E-state index in [9.17, 15) is 4.79 Å². The Kier molecular flexibility index (Phi) is 6.48. The Morgan fingerprint density at radius 3 is 2.76 bits per heavy atom. The van der Waals surface area contributed by atoms with E-state index in [1.807, 2.05) is 24.1 Å². The summed E-state index contributed by atoms with van der Waals surface area (Å²) in [7, 11) is 1.97. The number of halogens is 1. The molecule has 0 spiro atoms. The maximum absolute atomic E-state index is 12.1. The number of hydrogen-bond donors (Lipinski definition) is 1. The van der Waals surface area contributed by atoms with Crippen LogP contribution in [0.4, 0.5) is 0 Å². The molecule has 4 nitrogen and oxygen atoms in total. The second-order valence-electron chi connectivity index (χ2n) is 5.65. The van der Waals surface area contributed by atoms with Gasteiger partial charge in [-0.25, -0.2) is 0 Å². The Morgan fingerprint density at radius 1 is 1.48 bits per heavy atom. The molecule has 0 radical (unpaired) electrons. The van der Waals surface area contributed by atoms with Crippen LogP contribution in [0.2, 0.25) is 4.34 Å². The van der Waals surface area contributed by atoms with Crippen molar-refractivity contribution in [3.8, 4) is 0 Å². The Bertz CT molecular complexity index is 458. The molecule has 6 heteroatoms. The highest BCUT2D eigenvalue weighted by Gasteiger charge is 2.20. The smallest absolute Gasteiger partial charge is 0.234 e. The summed E-state index contributed by atoms with van der Waals surface area (Å²) in [5, 5.41) is 3.16. The normalized spacial score (nSPS) is 17.3. The van der Waals surface area contributed by atoms with Crippen molar-refractivity contribution in [1.29, 1.82) is 0 Å². The van der Waals surface area contributed by atoms with Crippen molar-refractivity contribution in [3.05, 3.63) is 21.3 Å². The lowest BCUT2D eigenvalue weighted by Crippen LogP contribution is -2.46. The quantitative estimate of drug-likeness (QED) is 0.870. The summed E-state index contributed by atoms with van der Waals surface area (Å²) in [6.07, 6.45) is 2.12. The number of amides is 1. The van der Waals surface area contributed by atoms with E-state index < -0.39 is 0 Å². The number of carbonyl (C=O) groups is 1. The minimum Gasteiger partial charge on any atom is -0.352 e. The number of piperidine rings is 1. The second kappa shape index (κ2) is 8.13. The maximum Gasteiger partial charge on any atom is 0.234 e. The number of thiophene rings is 1. The third kappa shape index (κ3) is 5.58. The lowest BCUT2D eigenvalue weighted by Gasteiger charge is -2.31. The van der Waals surface area contributed by atoms with Gasteiger partial charge in [0, 0.05) is 30.6 Å². The van der Waals surface area contributed by atoms with Gasteiger partial charge >= 0.3 is 0 Å². The van der Waals surface area contributed by atoms with Crippen LogP contribution in [-0.4, -0.2) is 55.0 Å². The molecule has 0 aliphatic carbocycles. The fourth-order valence-electron chi connectivity index (χ4n) is 2.67. The lowest BCUT2D eigenvalue weighted by atomic mass is 10.1. The van der Waals surface area contributed by atoms with Crippen LogP contribution in [0.1, 0.15) is 24.6 Å². The number of likely N-dealkylation sites (tertiary alicyclic amines) is 1. The topological polar surface area (TPSA) is 35.6 Å². The summed E-state index contributed by atoms with van der Waals surface area (Å²) in [5.74, 6) is 0.120. The molecule has 1 saturated heterocycles. The maximum atomic E-state index is 12.1. The molecule has 2 rings (SSSR count). The van der Waals surface area contributed by atoms with Gasteiger partial charge in [0.05, 0.1) is 10.9 Å². The third-order valence-corrected chi connectivity index (χ3v) is 5.08. The van der Waals surface area contributed by atoms with Crippen LogP contribution in [-0.2, 0) is 11.3 Å². The molecule has 1 fully saturated rings. The molecule has 0 saturated carbocycles. The van der Waals surface area contributed by atoms with Gasteiger partial charge in [-0.05, 0) is 38.6 Å². The SMILES string of the molecule is CCN1CCC(NC(=O)CN(C)Cc2ccc(Cl)s2)CC1. The molecule has 1 aliphatic heterocycles. The van der Waals surface area contributed by atoms with Gasteiger partial charge in [0.15, 0.2) is 0 Å². The van der Waals surface area contributed by atoms with Gasteiger partial charge in [0.2, 0.25) is 5.91 Å². The first-order valence-electron chi connectivity index (χ1n) is 7.51.